The average Bonchev–Trinajstić information content (AvgIpc) is 2.76. The Morgan fingerprint density at radius 3 is 2.89 bits per heavy atom. The maximum Gasteiger partial charge on any atom is 0.110 e. The van der Waals surface area contributed by atoms with E-state index in [1.54, 1.807) is 0 Å². The number of aromatic nitrogens is 2. The van der Waals surface area contributed by atoms with Gasteiger partial charge in [-0.2, -0.15) is 0 Å². The number of nitrogens with zero attached hydrogens (tertiary/aromatic N) is 2. The molecule has 1 aromatic carbocycles. The highest BCUT2D eigenvalue weighted by atomic mass is 35.5. The number of hydrogen-bond donors (Lipinski definition) is 1. The maximum atomic E-state index is 6.23. The van der Waals surface area contributed by atoms with Crippen molar-refractivity contribution in [2.24, 2.45) is 5.73 Å². The molecule has 0 saturated heterocycles. The molecule has 0 saturated carbocycles. The largest absolute Gasteiger partial charge is 0.335 e. The monoisotopic (exact) mass is 263 g/mol. The summed E-state index contributed by atoms with van der Waals surface area (Å²) in [5.74, 6) is 1.00. The summed E-state index contributed by atoms with van der Waals surface area (Å²) in [7, 11) is 0. The zero-order valence-electron chi connectivity index (χ0n) is 10.7. The van der Waals surface area contributed by atoms with Gasteiger partial charge in [0.25, 0.3) is 0 Å². The van der Waals surface area contributed by atoms with Crippen LogP contribution in [0.25, 0.3) is 0 Å². The fraction of sp³-hybridized carbons (Fsp3) is 0.357. The summed E-state index contributed by atoms with van der Waals surface area (Å²) < 4.78 is 2.10. The van der Waals surface area contributed by atoms with E-state index in [9.17, 15) is 0 Å². The predicted octanol–water partition coefficient (Wildman–Crippen LogP) is 3.11. The van der Waals surface area contributed by atoms with Gasteiger partial charge in [0.2, 0.25) is 0 Å². The van der Waals surface area contributed by atoms with Crippen LogP contribution < -0.4 is 5.73 Å². The number of benzene rings is 1. The summed E-state index contributed by atoms with van der Waals surface area (Å²) in [6.07, 6.45) is 4.48. The van der Waals surface area contributed by atoms with E-state index < -0.39 is 0 Å². The molecule has 1 aromatic heterocycles. The second kappa shape index (κ2) is 5.55. The Labute approximate surface area is 113 Å². The summed E-state index contributed by atoms with van der Waals surface area (Å²) in [4.78, 5) is 4.34. The standard InChI is InChI=1S/C14H18ClN3/c1-3-18-7-6-17-14(18)9-13(16)11-5-4-10(2)8-12(11)15/h4-8,13H,3,9,16H2,1-2H3. The molecule has 2 rings (SSSR count). The first-order valence-corrected chi connectivity index (χ1v) is 6.51. The minimum Gasteiger partial charge on any atom is -0.335 e. The van der Waals surface area contributed by atoms with Crippen molar-refractivity contribution in [3.8, 4) is 0 Å². The van der Waals surface area contributed by atoms with Crippen molar-refractivity contribution in [1.29, 1.82) is 0 Å². The van der Waals surface area contributed by atoms with Crippen molar-refractivity contribution in [2.45, 2.75) is 32.9 Å². The molecule has 18 heavy (non-hydrogen) atoms. The molecule has 0 aliphatic carbocycles. The van der Waals surface area contributed by atoms with E-state index in [-0.39, 0.29) is 6.04 Å². The second-order valence-corrected chi connectivity index (χ2v) is 4.87. The van der Waals surface area contributed by atoms with Crippen molar-refractivity contribution in [3.05, 3.63) is 52.6 Å². The average molecular weight is 264 g/mol. The van der Waals surface area contributed by atoms with Gasteiger partial charge in [-0.3, -0.25) is 0 Å². The Bertz CT molecular complexity index is 534. The van der Waals surface area contributed by atoms with Gasteiger partial charge in [-0.15, -0.1) is 0 Å². The fourth-order valence-corrected chi connectivity index (χ4v) is 2.43. The first-order chi connectivity index (χ1) is 8.61. The third-order valence-electron chi connectivity index (χ3n) is 3.10. The summed E-state index contributed by atoms with van der Waals surface area (Å²) in [5, 5.41) is 0.733. The first-order valence-electron chi connectivity index (χ1n) is 6.13. The number of imidazole rings is 1. The van der Waals surface area contributed by atoms with E-state index in [0.29, 0.717) is 6.42 Å². The highest BCUT2D eigenvalue weighted by Gasteiger charge is 2.13. The highest BCUT2D eigenvalue weighted by molar-refractivity contribution is 6.31. The van der Waals surface area contributed by atoms with Crippen LogP contribution in [0.1, 0.15) is 29.9 Å². The lowest BCUT2D eigenvalue weighted by Crippen LogP contribution is -2.16. The molecule has 0 aliphatic rings. The summed E-state index contributed by atoms with van der Waals surface area (Å²) in [6.45, 7) is 5.02. The van der Waals surface area contributed by atoms with Crippen LogP contribution in [0.3, 0.4) is 0 Å². The minimum absolute atomic E-state index is 0.120. The third kappa shape index (κ3) is 2.74. The highest BCUT2D eigenvalue weighted by Crippen LogP contribution is 2.24. The summed E-state index contributed by atoms with van der Waals surface area (Å²) >= 11 is 6.23. The van der Waals surface area contributed by atoms with Crippen LogP contribution in [0.2, 0.25) is 5.02 Å². The number of rotatable bonds is 4. The second-order valence-electron chi connectivity index (χ2n) is 4.47. The molecule has 1 atom stereocenters. The maximum absolute atomic E-state index is 6.23. The van der Waals surface area contributed by atoms with Crippen LogP contribution in [-0.4, -0.2) is 9.55 Å². The van der Waals surface area contributed by atoms with E-state index in [2.05, 4.69) is 16.5 Å². The lowest BCUT2D eigenvalue weighted by atomic mass is 10.0. The van der Waals surface area contributed by atoms with Gasteiger partial charge in [0.05, 0.1) is 0 Å². The van der Waals surface area contributed by atoms with Crippen molar-refractivity contribution in [3.63, 3.8) is 0 Å². The fourth-order valence-electron chi connectivity index (χ4n) is 2.06. The molecule has 0 aliphatic heterocycles. The van der Waals surface area contributed by atoms with Crippen LogP contribution in [0.5, 0.6) is 0 Å². The Morgan fingerprint density at radius 2 is 2.22 bits per heavy atom. The van der Waals surface area contributed by atoms with Gasteiger partial charge >= 0.3 is 0 Å². The number of aryl methyl sites for hydroxylation is 2. The van der Waals surface area contributed by atoms with E-state index in [4.69, 9.17) is 17.3 Å². The van der Waals surface area contributed by atoms with E-state index >= 15 is 0 Å². The molecule has 3 nitrogen and oxygen atoms in total. The zero-order valence-corrected chi connectivity index (χ0v) is 11.5. The van der Waals surface area contributed by atoms with E-state index in [1.807, 2.05) is 37.5 Å². The molecule has 0 fully saturated rings. The summed E-state index contributed by atoms with van der Waals surface area (Å²) in [6, 6.07) is 5.86. The molecule has 1 heterocycles. The SMILES string of the molecule is CCn1ccnc1CC(N)c1ccc(C)cc1Cl. The quantitative estimate of drug-likeness (QED) is 0.921. The van der Waals surface area contributed by atoms with Gasteiger partial charge < -0.3 is 10.3 Å². The van der Waals surface area contributed by atoms with Gasteiger partial charge in [0, 0.05) is 36.4 Å². The molecule has 0 amide bonds. The topological polar surface area (TPSA) is 43.8 Å². The Hall–Kier alpha value is -1.32. The zero-order chi connectivity index (χ0) is 13.1. The van der Waals surface area contributed by atoms with Crippen molar-refractivity contribution in [2.75, 3.05) is 0 Å². The molecule has 2 aromatic rings. The molecule has 2 N–H and O–H groups in total. The van der Waals surface area contributed by atoms with Gasteiger partial charge in [-0.25, -0.2) is 4.98 Å². The third-order valence-corrected chi connectivity index (χ3v) is 3.43. The smallest absolute Gasteiger partial charge is 0.110 e. The van der Waals surface area contributed by atoms with Gasteiger partial charge in [0.15, 0.2) is 0 Å². The van der Waals surface area contributed by atoms with Gasteiger partial charge in [-0.05, 0) is 31.0 Å². The molecule has 0 bridgehead atoms. The predicted molar refractivity (Wildman–Crippen MR) is 74.7 cm³/mol. The molecular weight excluding hydrogens is 246 g/mol. The Morgan fingerprint density at radius 1 is 1.44 bits per heavy atom. The van der Waals surface area contributed by atoms with Crippen LogP contribution in [-0.2, 0) is 13.0 Å². The molecule has 0 radical (unpaired) electrons. The Balaban J connectivity index is 2.19. The van der Waals surface area contributed by atoms with Crippen molar-refractivity contribution >= 4 is 11.6 Å². The van der Waals surface area contributed by atoms with E-state index in [1.165, 1.54) is 0 Å². The minimum atomic E-state index is -0.120. The van der Waals surface area contributed by atoms with Gasteiger partial charge in [0.1, 0.15) is 5.82 Å². The van der Waals surface area contributed by atoms with E-state index in [0.717, 1.165) is 28.5 Å². The molecule has 1 unspecified atom stereocenters. The van der Waals surface area contributed by atoms with Crippen LogP contribution in [0, 0.1) is 6.92 Å². The number of hydrogen-bond acceptors (Lipinski definition) is 2. The molecule has 96 valence electrons. The number of halogens is 1. The van der Waals surface area contributed by atoms with Crippen molar-refractivity contribution < 1.29 is 0 Å². The number of nitrogens with two attached hydrogens (primary N) is 1. The molecule has 4 heteroatoms. The van der Waals surface area contributed by atoms with Crippen LogP contribution >= 0.6 is 11.6 Å². The summed E-state index contributed by atoms with van der Waals surface area (Å²) in [5.41, 5.74) is 8.35. The normalized spacial score (nSPS) is 12.7. The van der Waals surface area contributed by atoms with Gasteiger partial charge in [-0.1, -0.05) is 23.7 Å². The molecule has 0 spiro atoms. The van der Waals surface area contributed by atoms with Crippen LogP contribution in [0.4, 0.5) is 0 Å². The Kier molecular flexibility index (Phi) is 4.04. The lowest BCUT2D eigenvalue weighted by Gasteiger charge is -2.14. The van der Waals surface area contributed by atoms with Crippen LogP contribution in [0.15, 0.2) is 30.6 Å². The first kappa shape index (κ1) is 13.1. The van der Waals surface area contributed by atoms with Crippen molar-refractivity contribution in [1.82, 2.24) is 9.55 Å². The lowest BCUT2D eigenvalue weighted by molar-refractivity contribution is 0.628. The molecular formula is C14H18ClN3.